The quantitative estimate of drug-likeness (QED) is 0.437. The van der Waals surface area contributed by atoms with E-state index in [1.165, 1.54) is 6.92 Å². The number of para-hydroxylation sites is 1. The average molecular weight is 221 g/mol. The number of rotatable bonds is 4. The van der Waals surface area contributed by atoms with Crippen molar-refractivity contribution >= 4 is 11.8 Å². The molecule has 0 saturated carbocycles. The molecule has 0 atom stereocenters. The van der Waals surface area contributed by atoms with Gasteiger partial charge in [-0.1, -0.05) is 12.1 Å². The Morgan fingerprint density at radius 1 is 1.25 bits per heavy atom. The predicted octanol–water partition coefficient (Wildman–Crippen LogP) is 1.36. The molecule has 1 rings (SSSR count). The first kappa shape index (κ1) is 12.4. The van der Waals surface area contributed by atoms with E-state index in [-0.39, 0.29) is 12.3 Å². The van der Waals surface area contributed by atoms with Gasteiger partial charge in [-0.15, -0.1) is 0 Å². The summed E-state index contributed by atoms with van der Waals surface area (Å²) < 4.78 is 4.97. The van der Waals surface area contributed by atoms with E-state index < -0.39 is 5.97 Å². The average Bonchev–Trinajstić information content (AvgIpc) is 2.16. The van der Waals surface area contributed by atoms with Crippen molar-refractivity contribution in [2.24, 2.45) is 0 Å². The van der Waals surface area contributed by atoms with Crippen molar-refractivity contribution < 1.29 is 14.3 Å². The molecule has 0 aromatic heterocycles. The van der Waals surface area contributed by atoms with Crippen LogP contribution in [0.3, 0.4) is 0 Å². The molecule has 0 saturated heterocycles. The van der Waals surface area contributed by atoms with Crippen LogP contribution in [0.25, 0.3) is 0 Å². The Hall–Kier alpha value is -1.68. The third-order valence-corrected chi connectivity index (χ3v) is 1.90. The summed E-state index contributed by atoms with van der Waals surface area (Å²) in [4.78, 5) is 24.5. The van der Waals surface area contributed by atoms with Crippen molar-refractivity contribution in [3.63, 3.8) is 0 Å². The second kappa shape index (κ2) is 5.42. The molecule has 4 heteroatoms. The number of benzene rings is 1. The summed E-state index contributed by atoms with van der Waals surface area (Å²) in [6.07, 6.45) is 0. The fourth-order valence-corrected chi connectivity index (χ4v) is 1.31. The molecule has 0 fully saturated rings. The molecule has 0 aliphatic heterocycles. The van der Waals surface area contributed by atoms with Crippen LogP contribution in [0.2, 0.25) is 0 Å². The van der Waals surface area contributed by atoms with Gasteiger partial charge in [0.2, 0.25) is 0 Å². The predicted molar refractivity (Wildman–Crippen MR) is 60.6 cm³/mol. The van der Waals surface area contributed by atoms with Crippen molar-refractivity contribution in [3.05, 3.63) is 29.8 Å². The number of ether oxygens (including phenoxy) is 1. The zero-order valence-corrected chi connectivity index (χ0v) is 9.69. The number of Topliss-reactive ketones (excluding diaryl/α,β-unsaturated/α-hetero) is 1. The highest BCUT2D eigenvalue weighted by Gasteiger charge is 2.13. The lowest BCUT2D eigenvalue weighted by Crippen LogP contribution is -2.22. The van der Waals surface area contributed by atoms with Crippen molar-refractivity contribution in [1.29, 1.82) is 0 Å². The van der Waals surface area contributed by atoms with Crippen molar-refractivity contribution in [1.82, 2.24) is 4.90 Å². The van der Waals surface area contributed by atoms with Gasteiger partial charge in [-0.25, -0.2) is 0 Å². The highest BCUT2D eigenvalue weighted by Crippen LogP contribution is 2.18. The maximum absolute atomic E-state index is 11.8. The molecule has 4 nitrogen and oxygen atoms in total. The monoisotopic (exact) mass is 221 g/mol. The third kappa shape index (κ3) is 3.47. The Balaban J connectivity index is 2.94. The minimum atomic E-state index is -0.426. The summed E-state index contributed by atoms with van der Waals surface area (Å²) in [6.45, 7) is 1.60. The van der Waals surface area contributed by atoms with Crippen LogP contribution >= 0.6 is 0 Å². The van der Waals surface area contributed by atoms with E-state index in [4.69, 9.17) is 4.74 Å². The van der Waals surface area contributed by atoms with Gasteiger partial charge in [-0.05, 0) is 26.2 Å². The molecule has 0 N–H and O–H groups in total. The minimum absolute atomic E-state index is 0.0677. The van der Waals surface area contributed by atoms with Crippen LogP contribution in [0.15, 0.2) is 24.3 Å². The van der Waals surface area contributed by atoms with Crippen LogP contribution in [-0.4, -0.2) is 37.3 Å². The van der Waals surface area contributed by atoms with Crippen LogP contribution in [0.5, 0.6) is 5.75 Å². The molecule has 0 amide bonds. The van der Waals surface area contributed by atoms with Gasteiger partial charge in [-0.3, -0.25) is 9.59 Å². The first-order valence-corrected chi connectivity index (χ1v) is 4.96. The Bertz CT molecular complexity index is 399. The zero-order chi connectivity index (χ0) is 12.1. The Morgan fingerprint density at radius 3 is 2.44 bits per heavy atom. The molecular formula is C12H15NO3. The highest BCUT2D eigenvalue weighted by atomic mass is 16.5. The minimum Gasteiger partial charge on any atom is -0.426 e. The van der Waals surface area contributed by atoms with E-state index in [1.54, 1.807) is 29.2 Å². The van der Waals surface area contributed by atoms with Gasteiger partial charge in [0.25, 0.3) is 0 Å². The lowest BCUT2D eigenvalue weighted by Gasteiger charge is -2.11. The topological polar surface area (TPSA) is 46.6 Å². The number of likely N-dealkylation sites (N-methyl/N-ethyl adjacent to an activating group) is 1. The molecule has 16 heavy (non-hydrogen) atoms. The molecule has 0 heterocycles. The molecule has 86 valence electrons. The number of carbonyl (C=O) groups excluding carboxylic acids is 2. The number of hydrogen-bond donors (Lipinski definition) is 0. The molecule has 0 spiro atoms. The van der Waals surface area contributed by atoms with Crippen LogP contribution in [-0.2, 0) is 4.79 Å². The normalized spacial score (nSPS) is 10.2. The number of carbonyl (C=O) groups is 2. The maximum Gasteiger partial charge on any atom is 0.308 e. The van der Waals surface area contributed by atoms with E-state index >= 15 is 0 Å². The number of hydrogen-bond acceptors (Lipinski definition) is 4. The van der Waals surface area contributed by atoms with Crippen LogP contribution in [0.1, 0.15) is 17.3 Å². The summed E-state index contributed by atoms with van der Waals surface area (Å²) in [5.41, 5.74) is 0.436. The molecule has 0 aliphatic carbocycles. The van der Waals surface area contributed by atoms with Gasteiger partial charge in [0.05, 0.1) is 12.1 Å². The van der Waals surface area contributed by atoms with E-state index in [9.17, 15) is 9.59 Å². The summed E-state index contributed by atoms with van der Waals surface area (Å²) >= 11 is 0. The standard InChI is InChI=1S/C12H15NO3/c1-9(14)16-12-7-5-4-6-10(12)11(15)8-13(2)3/h4-7H,8H2,1-3H3. The second-order valence-corrected chi connectivity index (χ2v) is 3.75. The number of ketones is 1. The first-order chi connectivity index (χ1) is 7.50. The summed E-state index contributed by atoms with van der Waals surface area (Å²) in [5.74, 6) is -0.172. The van der Waals surface area contributed by atoms with Crippen molar-refractivity contribution in [2.75, 3.05) is 20.6 Å². The van der Waals surface area contributed by atoms with Crippen LogP contribution in [0, 0.1) is 0 Å². The molecule has 0 bridgehead atoms. The largest absolute Gasteiger partial charge is 0.426 e. The third-order valence-electron chi connectivity index (χ3n) is 1.90. The fraction of sp³-hybridized carbons (Fsp3) is 0.333. The molecule has 0 radical (unpaired) electrons. The van der Waals surface area contributed by atoms with E-state index in [2.05, 4.69) is 0 Å². The second-order valence-electron chi connectivity index (χ2n) is 3.75. The molecular weight excluding hydrogens is 206 g/mol. The summed E-state index contributed by atoms with van der Waals surface area (Å²) in [5, 5.41) is 0. The number of nitrogens with zero attached hydrogens (tertiary/aromatic N) is 1. The number of esters is 1. The van der Waals surface area contributed by atoms with E-state index in [0.29, 0.717) is 11.3 Å². The molecule has 1 aromatic rings. The van der Waals surface area contributed by atoms with E-state index in [1.807, 2.05) is 14.1 Å². The van der Waals surface area contributed by atoms with Crippen LogP contribution < -0.4 is 4.74 Å². The first-order valence-electron chi connectivity index (χ1n) is 4.96. The van der Waals surface area contributed by atoms with Crippen molar-refractivity contribution in [3.8, 4) is 5.75 Å². The van der Waals surface area contributed by atoms with Gasteiger partial charge < -0.3 is 9.64 Å². The molecule has 1 aromatic carbocycles. The SMILES string of the molecule is CC(=O)Oc1ccccc1C(=O)CN(C)C. The fourth-order valence-electron chi connectivity index (χ4n) is 1.31. The van der Waals surface area contributed by atoms with Crippen LogP contribution in [0.4, 0.5) is 0 Å². The van der Waals surface area contributed by atoms with Gasteiger partial charge >= 0.3 is 5.97 Å². The maximum atomic E-state index is 11.8. The van der Waals surface area contributed by atoms with Gasteiger partial charge in [0.1, 0.15) is 5.75 Å². The lowest BCUT2D eigenvalue weighted by atomic mass is 10.1. The van der Waals surface area contributed by atoms with Crippen molar-refractivity contribution in [2.45, 2.75) is 6.92 Å². The molecule has 0 unspecified atom stereocenters. The Labute approximate surface area is 94.8 Å². The smallest absolute Gasteiger partial charge is 0.308 e. The Kier molecular flexibility index (Phi) is 4.19. The van der Waals surface area contributed by atoms with E-state index in [0.717, 1.165) is 0 Å². The van der Waals surface area contributed by atoms with Gasteiger partial charge in [-0.2, -0.15) is 0 Å². The highest BCUT2D eigenvalue weighted by molar-refractivity contribution is 6.00. The zero-order valence-electron chi connectivity index (χ0n) is 9.69. The lowest BCUT2D eigenvalue weighted by molar-refractivity contribution is -0.131. The summed E-state index contributed by atoms with van der Waals surface area (Å²) in [7, 11) is 3.62. The molecule has 0 aliphatic rings. The summed E-state index contributed by atoms with van der Waals surface area (Å²) in [6, 6.07) is 6.75. The van der Waals surface area contributed by atoms with Gasteiger partial charge in [0, 0.05) is 6.92 Å². The van der Waals surface area contributed by atoms with Gasteiger partial charge in [0.15, 0.2) is 5.78 Å². The Morgan fingerprint density at radius 2 is 1.88 bits per heavy atom.